The second-order valence-corrected chi connectivity index (χ2v) is 9.38. The molecule has 1 aromatic rings. The van der Waals surface area contributed by atoms with Crippen molar-refractivity contribution in [1.29, 1.82) is 0 Å². The standard InChI is InChI=1S/C20H34N2O2S/c1-7-20(13-21-16(3)17-15(2)9-12-25-17)10-8-11-22(14-20)18(23)24-19(4,5)6/h9,12,16,21H,7-8,10-11,13-14H2,1-6H3. The summed E-state index contributed by atoms with van der Waals surface area (Å²) >= 11 is 1.82. The van der Waals surface area contributed by atoms with Crippen LogP contribution in [-0.2, 0) is 4.74 Å². The Kier molecular flexibility index (Phi) is 6.55. The van der Waals surface area contributed by atoms with Gasteiger partial charge in [0, 0.05) is 36.0 Å². The first-order valence-electron chi connectivity index (χ1n) is 9.41. The second-order valence-electron chi connectivity index (χ2n) is 8.43. The van der Waals surface area contributed by atoms with Gasteiger partial charge in [0.1, 0.15) is 5.60 Å². The number of amides is 1. The van der Waals surface area contributed by atoms with E-state index in [2.05, 4.69) is 37.5 Å². The number of hydrogen-bond acceptors (Lipinski definition) is 4. The lowest BCUT2D eigenvalue weighted by molar-refractivity contribution is 0.00304. The molecule has 2 rings (SSSR count). The summed E-state index contributed by atoms with van der Waals surface area (Å²) in [5, 5.41) is 5.88. The van der Waals surface area contributed by atoms with Crippen LogP contribution in [-0.4, -0.2) is 36.2 Å². The Morgan fingerprint density at radius 3 is 2.76 bits per heavy atom. The van der Waals surface area contributed by atoms with Gasteiger partial charge < -0.3 is 15.0 Å². The fraction of sp³-hybridized carbons (Fsp3) is 0.750. The lowest BCUT2D eigenvalue weighted by Crippen LogP contribution is -2.51. The summed E-state index contributed by atoms with van der Waals surface area (Å²) in [6, 6.07) is 2.53. The maximum atomic E-state index is 12.5. The summed E-state index contributed by atoms with van der Waals surface area (Å²) in [7, 11) is 0. The van der Waals surface area contributed by atoms with E-state index in [9.17, 15) is 4.79 Å². The number of ether oxygens (including phenoxy) is 1. The van der Waals surface area contributed by atoms with Crippen molar-refractivity contribution in [1.82, 2.24) is 10.2 Å². The molecule has 1 aliphatic rings. The van der Waals surface area contributed by atoms with Gasteiger partial charge in [-0.1, -0.05) is 6.92 Å². The number of nitrogens with zero attached hydrogens (tertiary/aromatic N) is 1. The highest BCUT2D eigenvalue weighted by Gasteiger charge is 2.37. The summed E-state index contributed by atoms with van der Waals surface area (Å²) in [4.78, 5) is 15.8. The van der Waals surface area contributed by atoms with E-state index in [-0.39, 0.29) is 11.5 Å². The first-order valence-corrected chi connectivity index (χ1v) is 10.3. The third kappa shape index (κ3) is 5.45. The molecule has 1 N–H and O–H groups in total. The van der Waals surface area contributed by atoms with Crippen LogP contribution in [0, 0.1) is 12.3 Å². The highest BCUT2D eigenvalue weighted by Crippen LogP contribution is 2.34. The molecule has 1 amide bonds. The molecule has 0 saturated carbocycles. The zero-order chi connectivity index (χ0) is 18.7. The van der Waals surface area contributed by atoms with Gasteiger partial charge >= 0.3 is 6.09 Å². The molecular weight excluding hydrogens is 332 g/mol. The van der Waals surface area contributed by atoms with Gasteiger partial charge in [-0.05, 0) is 70.9 Å². The summed E-state index contributed by atoms with van der Waals surface area (Å²) in [6.45, 7) is 14.9. The lowest BCUT2D eigenvalue weighted by Gasteiger charge is -2.43. The molecule has 0 bridgehead atoms. The normalized spacial score (nSPS) is 22.7. The molecule has 0 radical (unpaired) electrons. The minimum absolute atomic E-state index is 0.134. The van der Waals surface area contributed by atoms with Crippen LogP contribution < -0.4 is 5.32 Å². The zero-order valence-corrected chi connectivity index (χ0v) is 17.5. The van der Waals surface area contributed by atoms with Crippen LogP contribution in [0.15, 0.2) is 11.4 Å². The van der Waals surface area contributed by atoms with Crippen molar-refractivity contribution in [3.05, 3.63) is 21.9 Å². The molecule has 1 saturated heterocycles. The van der Waals surface area contributed by atoms with Crippen molar-refractivity contribution >= 4 is 17.4 Å². The number of likely N-dealkylation sites (tertiary alicyclic amines) is 1. The molecular formula is C20H34N2O2S. The van der Waals surface area contributed by atoms with Gasteiger partial charge in [0.2, 0.25) is 0 Å². The van der Waals surface area contributed by atoms with E-state index in [0.717, 1.165) is 38.9 Å². The average molecular weight is 367 g/mol. The summed E-state index contributed by atoms with van der Waals surface area (Å²) in [5.74, 6) is 0. The quantitative estimate of drug-likeness (QED) is 0.785. The van der Waals surface area contributed by atoms with Crippen LogP contribution in [0.4, 0.5) is 4.79 Å². The Morgan fingerprint density at radius 2 is 2.20 bits per heavy atom. The number of aryl methyl sites for hydroxylation is 1. The third-order valence-corrected chi connectivity index (χ3v) is 6.34. The number of nitrogens with one attached hydrogen (secondary N) is 1. The van der Waals surface area contributed by atoms with Crippen molar-refractivity contribution in [3.63, 3.8) is 0 Å². The molecule has 25 heavy (non-hydrogen) atoms. The van der Waals surface area contributed by atoms with E-state index < -0.39 is 5.60 Å². The number of thiophene rings is 1. The molecule has 0 aromatic carbocycles. The predicted octanol–water partition coefficient (Wildman–Crippen LogP) is 5.13. The van der Waals surface area contributed by atoms with Crippen LogP contribution in [0.1, 0.15) is 70.4 Å². The van der Waals surface area contributed by atoms with Gasteiger partial charge in [-0.25, -0.2) is 4.79 Å². The Hall–Kier alpha value is -1.07. The van der Waals surface area contributed by atoms with Crippen LogP contribution >= 0.6 is 11.3 Å². The SMILES string of the molecule is CCC1(CNC(C)c2sccc2C)CCCN(C(=O)OC(C)(C)C)C1. The van der Waals surface area contributed by atoms with Crippen molar-refractivity contribution < 1.29 is 9.53 Å². The molecule has 0 aliphatic carbocycles. The molecule has 2 atom stereocenters. The van der Waals surface area contributed by atoms with Crippen molar-refractivity contribution in [3.8, 4) is 0 Å². The Labute approximate surface area is 156 Å². The third-order valence-electron chi connectivity index (χ3n) is 5.14. The van der Waals surface area contributed by atoms with Gasteiger partial charge in [0.25, 0.3) is 0 Å². The summed E-state index contributed by atoms with van der Waals surface area (Å²) < 4.78 is 5.58. The number of piperidine rings is 1. The monoisotopic (exact) mass is 366 g/mol. The average Bonchev–Trinajstić information content (AvgIpc) is 2.97. The first kappa shape index (κ1) is 20.2. The molecule has 2 unspecified atom stereocenters. The minimum atomic E-state index is -0.438. The number of rotatable bonds is 5. The van der Waals surface area contributed by atoms with E-state index in [1.807, 2.05) is 37.0 Å². The molecule has 2 heterocycles. The van der Waals surface area contributed by atoms with Gasteiger partial charge in [-0.3, -0.25) is 0 Å². The Bertz CT molecular complexity index is 578. The number of hydrogen-bond donors (Lipinski definition) is 1. The smallest absolute Gasteiger partial charge is 0.410 e. The van der Waals surface area contributed by atoms with Crippen LogP contribution in [0.2, 0.25) is 0 Å². The molecule has 1 fully saturated rings. The molecule has 4 nitrogen and oxygen atoms in total. The van der Waals surface area contributed by atoms with E-state index >= 15 is 0 Å². The molecule has 0 spiro atoms. The number of carbonyl (C=O) groups excluding carboxylic acids is 1. The van der Waals surface area contributed by atoms with Gasteiger partial charge in [-0.15, -0.1) is 11.3 Å². The Morgan fingerprint density at radius 1 is 1.48 bits per heavy atom. The predicted molar refractivity (Wildman–Crippen MR) is 105 cm³/mol. The van der Waals surface area contributed by atoms with E-state index in [4.69, 9.17) is 4.74 Å². The van der Waals surface area contributed by atoms with E-state index in [1.54, 1.807) is 0 Å². The van der Waals surface area contributed by atoms with Crippen LogP contribution in [0.5, 0.6) is 0 Å². The fourth-order valence-electron chi connectivity index (χ4n) is 3.54. The van der Waals surface area contributed by atoms with Crippen molar-refractivity contribution in [2.24, 2.45) is 5.41 Å². The maximum Gasteiger partial charge on any atom is 0.410 e. The first-order chi connectivity index (χ1) is 11.7. The lowest BCUT2D eigenvalue weighted by atomic mass is 9.77. The summed E-state index contributed by atoms with van der Waals surface area (Å²) in [5.41, 5.74) is 1.05. The van der Waals surface area contributed by atoms with Crippen molar-refractivity contribution in [2.45, 2.75) is 72.4 Å². The minimum Gasteiger partial charge on any atom is -0.444 e. The largest absolute Gasteiger partial charge is 0.444 e. The van der Waals surface area contributed by atoms with Crippen molar-refractivity contribution in [2.75, 3.05) is 19.6 Å². The van der Waals surface area contributed by atoms with Gasteiger partial charge in [-0.2, -0.15) is 0 Å². The van der Waals surface area contributed by atoms with Gasteiger partial charge in [0.05, 0.1) is 0 Å². The molecule has 142 valence electrons. The highest BCUT2D eigenvalue weighted by molar-refractivity contribution is 7.10. The second kappa shape index (κ2) is 8.09. The highest BCUT2D eigenvalue weighted by atomic mass is 32.1. The fourth-order valence-corrected chi connectivity index (χ4v) is 4.50. The topological polar surface area (TPSA) is 41.6 Å². The molecule has 1 aromatic heterocycles. The maximum absolute atomic E-state index is 12.5. The molecule has 5 heteroatoms. The van der Waals surface area contributed by atoms with E-state index in [0.29, 0.717) is 6.04 Å². The number of carbonyl (C=O) groups is 1. The molecule has 1 aliphatic heterocycles. The summed E-state index contributed by atoms with van der Waals surface area (Å²) in [6.07, 6.45) is 3.09. The zero-order valence-electron chi connectivity index (χ0n) is 16.6. The van der Waals surface area contributed by atoms with Crippen LogP contribution in [0.25, 0.3) is 0 Å². The van der Waals surface area contributed by atoms with Crippen LogP contribution in [0.3, 0.4) is 0 Å². The van der Waals surface area contributed by atoms with Gasteiger partial charge in [0.15, 0.2) is 0 Å². The van der Waals surface area contributed by atoms with E-state index in [1.165, 1.54) is 10.4 Å². The Balaban J connectivity index is 1.99.